The Morgan fingerprint density at radius 2 is 1.72 bits per heavy atom. The smallest absolute Gasteiger partial charge is 0.233 e. The Labute approximate surface area is 214 Å². The van der Waals surface area contributed by atoms with E-state index in [1.807, 2.05) is 51.9 Å². The van der Waals surface area contributed by atoms with Gasteiger partial charge in [-0.3, -0.25) is 19.2 Å². The van der Waals surface area contributed by atoms with E-state index in [9.17, 15) is 4.79 Å². The molecule has 0 atom stereocenters. The minimum atomic E-state index is 0.117. The summed E-state index contributed by atoms with van der Waals surface area (Å²) in [5, 5.41) is 9.52. The number of carbonyl (C=O) groups is 1. The van der Waals surface area contributed by atoms with Gasteiger partial charge in [-0.2, -0.15) is 0 Å². The van der Waals surface area contributed by atoms with Gasteiger partial charge in [0.25, 0.3) is 0 Å². The Morgan fingerprint density at radius 3 is 2.42 bits per heavy atom. The molecular weight excluding hydrogens is 472 g/mol. The molecule has 9 heteroatoms. The summed E-state index contributed by atoms with van der Waals surface area (Å²) in [6.07, 6.45) is 3.49. The molecule has 0 N–H and O–H groups in total. The van der Waals surface area contributed by atoms with Gasteiger partial charge in [0.1, 0.15) is 5.75 Å². The molecule has 0 unspecified atom stereocenters. The molecule has 0 saturated carbocycles. The van der Waals surface area contributed by atoms with Crippen molar-refractivity contribution in [3.05, 3.63) is 84.7 Å². The Bertz CT molecular complexity index is 1270. The van der Waals surface area contributed by atoms with Crippen LogP contribution >= 0.6 is 11.8 Å². The van der Waals surface area contributed by atoms with Crippen molar-refractivity contribution in [3.8, 4) is 22.8 Å². The minimum Gasteiger partial charge on any atom is -0.497 e. The van der Waals surface area contributed by atoms with Gasteiger partial charge in [0.05, 0.1) is 12.9 Å². The summed E-state index contributed by atoms with van der Waals surface area (Å²) in [4.78, 5) is 21.6. The third-order valence-corrected chi connectivity index (χ3v) is 7.10. The molecule has 1 aliphatic heterocycles. The highest BCUT2D eigenvalue weighted by atomic mass is 32.2. The van der Waals surface area contributed by atoms with Crippen LogP contribution in [0.25, 0.3) is 17.1 Å². The van der Waals surface area contributed by atoms with E-state index in [-0.39, 0.29) is 5.91 Å². The zero-order valence-electron chi connectivity index (χ0n) is 20.2. The molecule has 2 aromatic carbocycles. The first-order valence-electron chi connectivity index (χ1n) is 11.9. The van der Waals surface area contributed by atoms with E-state index in [0.717, 1.165) is 49.7 Å². The van der Waals surface area contributed by atoms with Crippen LogP contribution in [-0.4, -0.2) is 74.5 Å². The second kappa shape index (κ2) is 11.4. The van der Waals surface area contributed by atoms with Crippen LogP contribution in [0.4, 0.5) is 0 Å². The van der Waals surface area contributed by atoms with E-state index in [1.54, 1.807) is 19.5 Å². The molecule has 1 fully saturated rings. The topological polar surface area (TPSA) is 76.4 Å². The van der Waals surface area contributed by atoms with Crippen molar-refractivity contribution in [1.29, 1.82) is 0 Å². The number of hydrogen-bond acceptors (Lipinski definition) is 7. The predicted molar refractivity (Wildman–Crippen MR) is 140 cm³/mol. The second-order valence-corrected chi connectivity index (χ2v) is 9.46. The monoisotopic (exact) mass is 500 g/mol. The van der Waals surface area contributed by atoms with Gasteiger partial charge >= 0.3 is 0 Å². The largest absolute Gasteiger partial charge is 0.497 e. The van der Waals surface area contributed by atoms with Crippen LogP contribution in [0.2, 0.25) is 0 Å². The van der Waals surface area contributed by atoms with Gasteiger partial charge in [0.2, 0.25) is 5.91 Å². The number of hydrogen-bond donors (Lipinski definition) is 0. The number of thioether (sulfide) groups is 1. The van der Waals surface area contributed by atoms with Crippen molar-refractivity contribution in [2.75, 3.05) is 39.0 Å². The molecule has 0 bridgehead atoms. The summed E-state index contributed by atoms with van der Waals surface area (Å²) in [6, 6.07) is 22.0. The third kappa shape index (κ3) is 5.58. The molecule has 1 aliphatic rings. The quantitative estimate of drug-likeness (QED) is 0.341. The maximum atomic E-state index is 13.0. The first-order valence-corrected chi connectivity index (χ1v) is 12.9. The number of benzene rings is 2. The number of rotatable bonds is 8. The fraction of sp³-hybridized carbons (Fsp3) is 0.259. The van der Waals surface area contributed by atoms with E-state index in [1.165, 1.54) is 17.3 Å². The summed E-state index contributed by atoms with van der Waals surface area (Å²) in [7, 11) is 1.64. The summed E-state index contributed by atoms with van der Waals surface area (Å²) in [6.45, 7) is 4.13. The van der Waals surface area contributed by atoms with Gasteiger partial charge in [-0.05, 0) is 42.0 Å². The molecule has 1 saturated heterocycles. The van der Waals surface area contributed by atoms with Crippen molar-refractivity contribution in [1.82, 2.24) is 29.5 Å². The maximum Gasteiger partial charge on any atom is 0.233 e. The van der Waals surface area contributed by atoms with Crippen LogP contribution in [0.3, 0.4) is 0 Å². The molecule has 0 radical (unpaired) electrons. The lowest BCUT2D eigenvalue weighted by Gasteiger charge is -2.34. The van der Waals surface area contributed by atoms with Gasteiger partial charge < -0.3 is 9.64 Å². The van der Waals surface area contributed by atoms with E-state index >= 15 is 0 Å². The lowest BCUT2D eigenvalue weighted by atomic mass is 10.2. The van der Waals surface area contributed by atoms with Crippen molar-refractivity contribution >= 4 is 17.7 Å². The molecule has 0 aliphatic carbocycles. The molecule has 36 heavy (non-hydrogen) atoms. The van der Waals surface area contributed by atoms with Gasteiger partial charge in [-0.1, -0.05) is 42.1 Å². The van der Waals surface area contributed by atoms with Crippen LogP contribution in [0.5, 0.6) is 5.75 Å². The van der Waals surface area contributed by atoms with Gasteiger partial charge in [0.15, 0.2) is 11.0 Å². The number of nitrogens with zero attached hydrogens (tertiary/aromatic N) is 6. The van der Waals surface area contributed by atoms with Gasteiger partial charge in [0, 0.05) is 56.4 Å². The highest BCUT2D eigenvalue weighted by Gasteiger charge is 2.23. The normalized spacial score (nSPS) is 14.1. The number of piperazine rings is 1. The molecule has 2 aromatic heterocycles. The maximum absolute atomic E-state index is 13.0. The SMILES string of the molecule is COc1ccc(-n2c(SCC(=O)N3CCN(Cc4ccccc4)CC3)nnc2-c2cccnc2)cc1. The molecule has 3 heterocycles. The van der Waals surface area contributed by atoms with Crippen LogP contribution in [0.15, 0.2) is 84.3 Å². The van der Waals surface area contributed by atoms with E-state index in [2.05, 4.69) is 44.3 Å². The van der Waals surface area contributed by atoms with E-state index in [4.69, 9.17) is 4.74 Å². The molecule has 1 amide bonds. The number of amides is 1. The fourth-order valence-electron chi connectivity index (χ4n) is 4.22. The molecule has 184 valence electrons. The molecule has 5 rings (SSSR count). The summed E-state index contributed by atoms with van der Waals surface area (Å²) in [5.41, 5.74) is 3.05. The highest BCUT2D eigenvalue weighted by Crippen LogP contribution is 2.29. The summed E-state index contributed by atoms with van der Waals surface area (Å²) in [5.74, 6) is 1.87. The van der Waals surface area contributed by atoms with Gasteiger partial charge in [-0.25, -0.2) is 0 Å². The first-order chi connectivity index (χ1) is 17.7. The summed E-state index contributed by atoms with van der Waals surface area (Å²) >= 11 is 1.41. The molecule has 8 nitrogen and oxygen atoms in total. The Kier molecular flexibility index (Phi) is 7.58. The van der Waals surface area contributed by atoms with Crippen LogP contribution in [0.1, 0.15) is 5.56 Å². The lowest BCUT2D eigenvalue weighted by molar-refractivity contribution is -0.130. The highest BCUT2D eigenvalue weighted by molar-refractivity contribution is 7.99. The lowest BCUT2D eigenvalue weighted by Crippen LogP contribution is -2.48. The van der Waals surface area contributed by atoms with E-state index in [0.29, 0.717) is 16.7 Å². The van der Waals surface area contributed by atoms with Crippen LogP contribution in [0, 0.1) is 0 Å². The Hall–Kier alpha value is -3.69. The van der Waals surface area contributed by atoms with Crippen LogP contribution < -0.4 is 4.74 Å². The van der Waals surface area contributed by atoms with E-state index < -0.39 is 0 Å². The first kappa shape index (κ1) is 24.0. The number of aromatic nitrogens is 4. The zero-order chi connectivity index (χ0) is 24.7. The van der Waals surface area contributed by atoms with Gasteiger partial charge in [-0.15, -0.1) is 10.2 Å². The number of pyridine rings is 1. The average molecular weight is 501 g/mol. The van der Waals surface area contributed by atoms with Crippen molar-refractivity contribution in [2.24, 2.45) is 0 Å². The molecular formula is C27H28N6O2S. The van der Waals surface area contributed by atoms with Crippen molar-refractivity contribution in [3.63, 3.8) is 0 Å². The minimum absolute atomic E-state index is 0.117. The van der Waals surface area contributed by atoms with Crippen molar-refractivity contribution in [2.45, 2.75) is 11.7 Å². The standard InChI is InChI=1S/C27H28N6O2S/c1-35-24-11-9-23(10-12-24)33-26(22-8-5-13-28-18-22)29-30-27(33)36-20-25(34)32-16-14-31(15-17-32)19-21-6-3-2-4-7-21/h2-13,18H,14-17,19-20H2,1H3. The predicted octanol–water partition coefficient (Wildman–Crippen LogP) is 3.77. The third-order valence-electron chi connectivity index (χ3n) is 6.18. The fourth-order valence-corrected chi connectivity index (χ4v) is 5.08. The average Bonchev–Trinajstić information content (AvgIpc) is 3.37. The number of ether oxygens (including phenoxy) is 1. The zero-order valence-corrected chi connectivity index (χ0v) is 21.0. The number of methoxy groups -OCH3 is 1. The second-order valence-electron chi connectivity index (χ2n) is 8.51. The molecule has 4 aromatic rings. The Morgan fingerprint density at radius 1 is 0.944 bits per heavy atom. The summed E-state index contributed by atoms with van der Waals surface area (Å²) < 4.78 is 7.27. The molecule has 0 spiro atoms. The van der Waals surface area contributed by atoms with Crippen molar-refractivity contribution < 1.29 is 9.53 Å². The Balaban J connectivity index is 1.26. The number of carbonyl (C=O) groups excluding carboxylic acids is 1. The van der Waals surface area contributed by atoms with Crippen LogP contribution in [-0.2, 0) is 11.3 Å².